The molecule has 2 aromatic rings. The van der Waals surface area contributed by atoms with Crippen LogP contribution in [0.3, 0.4) is 0 Å². The Hall–Kier alpha value is -2.10. The van der Waals surface area contributed by atoms with E-state index in [1.165, 1.54) is 6.07 Å². The molecule has 0 saturated carbocycles. The molecule has 0 bridgehead atoms. The van der Waals surface area contributed by atoms with Crippen LogP contribution in [-0.2, 0) is 14.8 Å². The first-order valence-corrected chi connectivity index (χ1v) is 10.8. The zero-order valence-corrected chi connectivity index (χ0v) is 17.1. The second kappa shape index (κ2) is 9.40. The van der Waals surface area contributed by atoms with E-state index in [1.54, 1.807) is 0 Å². The molecule has 5 N–H and O–H groups in total. The molecule has 28 heavy (non-hydrogen) atoms. The molecule has 0 radical (unpaired) electrons. The van der Waals surface area contributed by atoms with Crippen LogP contribution in [0.15, 0.2) is 26.3 Å². The molecule has 0 unspecified atom stereocenters. The van der Waals surface area contributed by atoms with Crippen molar-refractivity contribution in [2.45, 2.75) is 5.03 Å². The monoisotopic (exact) mass is 498 g/mol. The van der Waals surface area contributed by atoms with Crippen LogP contribution in [0.4, 0.5) is 14.5 Å². The van der Waals surface area contributed by atoms with Gasteiger partial charge in [-0.15, -0.1) is 0 Å². The molecular formula is C13H13BrF2N6O4S2. The Balaban J connectivity index is 1.92. The largest absolute Gasteiger partial charge is 0.354 e. The average molecular weight is 499 g/mol. The number of anilines is 1. The summed E-state index contributed by atoms with van der Waals surface area (Å²) in [6.45, 7) is 0.0994. The summed E-state index contributed by atoms with van der Waals surface area (Å²) in [7, 11) is -3.91. The number of halogens is 3. The molecule has 0 fully saturated rings. The van der Waals surface area contributed by atoms with Crippen molar-refractivity contribution in [3.63, 3.8) is 0 Å². The van der Waals surface area contributed by atoms with Gasteiger partial charge in [-0.05, 0) is 32.3 Å². The van der Waals surface area contributed by atoms with E-state index >= 15 is 0 Å². The molecule has 1 amide bonds. The van der Waals surface area contributed by atoms with E-state index in [2.05, 4.69) is 41.5 Å². The number of amides is 1. The van der Waals surface area contributed by atoms with Crippen molar-refractivity contribution in [2.75, 3.05) is 23.4 Å². The molecule has 0 aliphatic heterocycles. The number of rotatable bonds is 8. The molecular weight excluding hydrogens is 486 g/mol. The van der Waals surface area contributed by atoms with Crippen molar-refractivity contribution in [1.82, 2.24) is 15.6 Å². The smallest absolute Gasteiger partial charge is 0.236 e. The van der Waals surface area contributed by atoms with Crippen LogP contribution >= 0.6 is 27.7 Å². The Kier molecular flexibility index (Phi) is 7.45. The summed E-state index contributed by atoms with van der Waals surface area (Å²) >= 11 is 3.94. The third kappa shape index (κ3) is 6.50. The van der Waals surface area contributed by atoms with Gasteiger partial charge in [0.25, 0.3) is 0 Å². The number of aromatic nitrogens is 2. The van der Waals surface area contributed by atoms with Gasteiger partial charge >= 0.3 is 0 Å². The minimum atomic E-state index is -3.91. The number of nitrogens with one attached hydrogen (secondary N) is 3. The summed E-state index contributed by atoms with van der Waals surface area (Å²) in [6, 6.07) is 2.12. The lowest BCUT2D eigenvalue weighted by atomic mass is 10.3. The zero-order chi connectivity index (χ0) is 20.9. The number of primary sulfonamides is 1. The summed E-state index contributed by atoms with van der Waals surface area (Å²) in [4.78, 5) is 11.3. The first-order chi connectivity index (χ1) is 13.1. The van der Waals surface area contributed by atoms with E-state index in [-0.39, 0.29) is 39.0 Å². The van der Waals surface area contributed by atoms with Crippen LogP contribution in [-0.4, -0.2) is 48.5 Å². The molecule has 0 atom stereocenters. The van der Waals surface area contributed by atoms with Crippen molar-refractivity contribution in [3.05, 3.63) is 33.9 Å². The first-order valence-electron chi connectivity index (χ1n) is 7.30. The molecule has 0 aliphatic carbocycles. The molecule has 2 rings (SSSR count). The van der Waals surface area contributed by atoms with Crippen molar-refractivity contribution in [2.24, 2.45) is 5.14 Å². The number of nitrogens with zero attached hydrogens (tertiary/aromatic N) is 2. The molecule has 10 nitrogen and oxygen atoms in total. The molecule has 152 valence electrons. The Morgan fingerprint density at radius 3 is 2.71 bits per heavy atom. The number of carbonyl (C=O) groups is 1. The molecule has 1 aromatic heterocycles. The number of benzene rings is 1. The van der Waals surface area contributed by atoms with Gasteiger partial charge < -0.3 is 10.6 Å². The van der Waals surface area contributed by atoms with Crippen molar-refractivity contribution in [3.8, 4) is 0 Å². The highest BCUT2D eigenvalue weighted by Crippen LogP contribution is 2.25. The van der Waals surface area contributed by atoms with E-state index in [0.29, 0.717) is 0 Å². The lowest BCUT2D eigenvalue weighted by molar-refractivity contribution is -0.118. The van der Waals surface area contributed by atoms with Crippen molar-refractivity contribution in [1.29, 1.82) is 5.41 Å². The van der Waals surface area contributed by atoms with Crippen LogP contribution in [0.2, 0.25) is 0 Å². The molecule has 0 aliphatic rings. The minimum absolute atomic E-state index is 0.0155. The molecule has 15 heteroatoms. The van der Waals surface area contributed by atoms with Crippen LogP contribution in [0.5, 0.6) is 0 Å². The average Bonchev–Trinajstić information content (AvgIpc) is 3.03. The van der Waals surface area contributed by atoms with Gasteiger partial charge in [0.2, 0.25) is 15.9 Å². The summed E-state index contributed by atoms with van der Waals surface area (Å²) in [6.07, 6.45) is 0. The normalized spacial score (nSPS) is 11.3. The molecule has 1 aromatic carbocycles. The highest BCUT2D eigenvalue weighted by molar-refractivity contribution is 9.10. The van der Waals surface area contributed by atoms with Crippen molar-refractivity contribution < 1.29 is 26.6 Å². The number of hydrogen-bond donors (Lipinski definition) is 4. The van der Waals surface area contributed by atoms with Crippen LogP contribution in [0.1, 0.15) is 5.69 Å². The fourth-order valence-electron chi connectivity index (χ4n) is 1.83. The molecule has 0 saturated heterocycles. The lowest BCUT2D eigenvalue weighted by Crippen LogP contribution is -2.34. The number of nitrogens with two attached hydrogens (primary N) is 1. The fourth-order valence-corrected chi connectivity index (χ4v) is 3.49. The van der Waals surface area contributed by atoms with Gasteiger partial charge in [0.1, 0.15) is 5.75 Å². The second-order valence-corrected chi connectivity index (χ2v) is 8.73. The third-order valence-electron chi connectivity index (χ3n) is 2.94. The van der Waals surface area contributed by atoms with Crippen molar-refractivity contribution >= 4 is 55.1 Å². The Labute approximate surface area is 170 Å². The van der Waals surface area contributed by atoms with Gasteiger partial charge in [0.15, 0.2) is 28.2 Å². The third-order valence-corrected chi connectivity index (χ3v) is 5.13. The van der Waals surface area contributed by atoms with E-state index in [4.69, 9.17) is 10.5 Å². The van der Waals surface area contributed by atoms with Gasteiger partial charge in [-0.1, -0.05) is 11.8 Å². The van der Waals surface area contributed by atoms with Gasteiger partial charge in [0.05, 0.1) is 4.47 Å². The van der Waals surface area contributed by atoms with Crippen LogP contribution in [0.25, 0.3) is 0 Å². The van der Waals surface area contributed by atoms with Gasteiger partial charge in [-0.2, -0.15) is 0 Å². The standard InChI is InChI=1S/C13H13BrF2N6O4S2/c14-7-3-6(4-8(15)10(7)16)20-12(17)11-13(22-26-21-11)27-2-1-19-9(23)5-28(18,24)25/h3-4H,1-2,5H2,(H2,17,20)(H,19,23)(H2,18,24,25). The summed E-state index contributed by atoms with van der Waals surface area (Å²) in [5.41, 5.74) is 0.117. The fraction of sp³-hybridized carbons (Fsp3) is 0.231. The number of hydrogen-bond acceptors (Lipinski definition) is 8. The molecule has 1 heterocycles. The highest BCUT2D eigenvalue weighted by Gasteiger charge is 2.18. The highest BCUT2D eigenvalue weighted by atomic mass is 79.9. The van der Waals surface area contributed by atoms with Crippen LogP contribution in [0, 0.1) is 17.0 Å². The zero-order valence-electron chi connectivity index (χ0n) is 13.8. The van der Waals surface area contributed by atoms with Crippen LogP contribution < -0.4 is 15.8 Å². The number of amidine groups is 1. The predicted octanol–water partition coefficient (Wildman–Crippen LogP) is 1.04. The lowest BCUT2D eigenvalue weighted by Gasteiger charge is -2.08. The number of sulfonamides is 1. The van der Waals surface area contributed by atoms with Gasteiger partial charge in [0, 0.05) is 24.1 Å². The maximum absolute atomic E-state index is 13.4. The number of carbonyl (C=O) groups excluding carboxylic acids is 1. The SMILES string of the molecule is N=C(Nc1cc(F)c(F)c(Br)c1)c1nonc1SCCNC(=O)CS(N)(=O)=O. The maximum Gasteiger partial charge on any atom is 0.236 e. The van der Waals surface area contributed by atoms with E-state index in [9.17, 15) is 22.0 Å². The first kappa shape index (κ1) is 22.2. The van der Waals surface area contributed by atoms with Gasteiger partial charge in [-0.25, -0.2) is 27.0 Å². The van der Waals surface area contributed by atoms with E-state index in [1.807, 2.05) is 0 Å². The maximum atomic E-state index is 13.4. The molecule has 0 spiro atoms. The predicted molar refractivity (Wildman–Crippen MR) is 101 cm³/mol. The number of thioether (sulfide) groups is 1. The Morgan fingerprint density at radius 1 is 1.36 bits per heavy atom. The quantitative estimate of drug-likeness (QED) is 0.138. The second-order valence-electron chi connectivity index (χ2n) is 5.18. The minimum Gasteiger partial charge on any atom is -0.354 e. The van der Waals surface area contributed by atoms with E-state index in [0.717, 1.165) is 17.8 Å². The topological polar surface area (TPSA) is 164 Å². The summed E-state index contributed by atoms with van der Waals surface area (Å²) in [5.74, 6) is -3.75. The Bertz CT molecular complexity index is 978. The van der Waals surface area contributed by atoms with E-state index < -0.39 is 33.3 Å². The summed E-state index contributed by atoms with van der Waals surface area (Å²) < 4.78 is 52.8. The summed E-state index contributed by atoms with van der Waals surface area (Å²) in [5, 5.41) is 25.1. The van der Waals surface area contributed by atoms with Gasteiger partial charge in [-0.3, -0.25) is 10.2 Å². The Morgan fingerprint density at radius 2 is 2.07 bits per heavy atom.